The number of amides is 2. The van der Waals surface area contributed by atoms with Crippen LogP contribution in [0.2, 0.25) is 0 Å². The topological polar surface area (TPSA) is 127 Å². The van der Waals surface area contributed by atoms with E-state index < -0.39 is 23.4 Å². The summed E-state index contributed by atoms with van der Waals surface area (Å²) in [6.45, 7) is 3.75. The van der Waals surface area contributed by atoms with Gasteiger partial charge < -0.3 is 11.1 Å². The lowest BCUT2D eigenvalue weighted by atomic mass is 10.1. The van der Waals surface area contributed by atoms with Crippen LogP contribution in [0, 0.1) is 36.8 Å². The number of pyridine rings is 1. The smallest absolute Gasteiger partial charge is 0.267 e. The molecule has 0 saturated heterocycles. The van der Waals surface area contributed by atoms with Crippen LogP contribution in [0.15, 0.2) is 42.5 Å². The van der Waals surface area contributed by atoms with Crippen molar-refractivity contribution in [3.63, 3.8) is 0 Å². The third-order valence-corrected chi connectivity index (χ3v) is 5.43. The number of aryl methyl sites for hydroxylation is 1. The lowest BCUT2D eigenvalue weighted by Crippen LogP contribution is -2.18. The Morgan fingerprint density at radius 3 is 2.56 bits per heavy atom. The second-order valence-electron chi connectivity index (χ2n) is 7.63. The molecule has 0 radical (unpaired) electrons. The average molecular weight is 460 g/mol. The van der Waals surface area contributed by atoms with Crippen molar-refractivity contribution in [3.8, 4) is 6.07 Å². The van der Waals surface area contributed by atoms with Crippen molar-refractivity contribution < 1.29 is 18.4 Å². The number of primary amides is 1. The molecule has 8 nitrogen and oxygen atoms in total. The molecule has 170 valence electrons. The average Bonchev–Trinajstić information content (AvgIpc) is 3.06. The Balaban J connectivity index is 1.73. The monoisotopic (exact) mass is 460 g/mol. The number of carbonyl (C=O) groups excluding carboxylic acids is 2. The van der Waals surface area contributed by atoms with Gasteiger partial charge in [-0.25, -0.2) is 13.8 Å². The van der Waals surface area contributed by atoms with E-state index in [2.05, 4.69) is 21.5 Å². The van der Waals surface area contributed by atoms with E-state index in [1.165, 1.54) is 0 Å². The molecule has 4 rings (SSSR count). The summed E-state index contributed by atoms with van der Waals surface area (Å²) in [6, 6.07) is 12.0. The highest BCUT2D eigenvalue weighted by atomic mass is 19.2. The number of aromatic nitrogens is 3. The first kappa shape index (κ1) is 22.5. The van der Waals surface area contributed by atoms with E-state index in [0.29, 0.717) is 29.2 Å². The standard InChI is InChI=1S/C24H18F2N6O2/c1-12-22(13(2)32(31-12)11-15-6-4-3-5-14(15)10-27)30-24(34)17-8-21(23(28)33)29-20-9-19(26)18(25)7-16(17)20/h3-9H,11H2,1-2H3,(H2,28,33)(H,30,34). The lowest BCUT2D eigenvalue weighted by molar-refractivity contribution is 0.0996. The van der Waals surface area contributed by atoms with Gasteiger partial charge in [0.05, 0.1) is 46.3 Å². The van der Waals surface area contributed by atoms with Gasteiger partial charge in [0.25, 0.3) is 11.8 Å². The van der Waals surface area contributed by atoms with Crippen molar-refractivity contribution in [1.82, 2.24) is 14.8 Å². The van der Waals surface area contributed by atoms with Crippen LogP contribution in [-0.2, 0) is 6.54 Å². The minimum atomic E-state index is -1.17. The molecule has 0 saturated carbocycles. The summed E-state index contributed by atoms with van der Waals surface area (Å²) >= 11 is 0. The van der Waals surface area contributed by atoms with Crippen LogP contribution in [0.1, 0.15) is 43.4 Å². The first-order chi connectivity index (χ1) is 16.2. The zero-order valence-corrected chi connectivity index (χ0v) is 18.2. The maximum absolute atomic E-state index is 13.9. The second-order valence-corrected chi connectivity index (χ2v) is 7.63. The minimum Gasteiger partial charge on any atom is -0.364 e. The predicted molar refractivity (Wildman–Crippen MR) is 120 cm³/mol. The van der Waals surface area contributed by atoms with Gasteiger partial charge in [0, 0.05) is 11.5 Å². The van der Waals surface area contributed by atoms with Crippen molar-refractivity contribution in [2.75, 3.05) is 5.32 Å². The molecule has 4 aromatic rings. The number of anilines is 1. The predicted octanol–water partition coefficient (Wildman–Crippen LogP) is 3.60. The summed E-state index contributed by atoms with van der Waals surface area (Å²) in [5.74, 6) is -3.92. The van der Waals surface area contributed by atoms with Gasteiger partial charge in [-0.2, -0.15) is 10.4 Å². The lowest BCUT2D eigenvalue weighted by Gasteiger charge is -2.11. The van der Waals surface area contributed by atoms with Crippen molar-refractivity contribution in [3.05, 3.63) is 87.9 Å². The van der Waals surface area contributed by atoms with Gasteiger partial charge in [0.2, 0.25) is 0 Å². The molecular formula is C24H18F2N6O2. The van der Waals surface area contributed by atoms with Gasteiger partial charge in [-0.3, -0.25) is 14.3 Å². The second kappa shape index (κ2) is 8.71. The maximum atomic E-state index is 13.9. The maximum Gasteiger partial charge on any atom is 0.267 e. The quantitative estimate of drug-likeness (QED) is 0.471. The number of halogens is 2. The minimum absolute atomic E-state index is 0.0204. The van der Waals surface area contributed by atoms with E-state index in [0.717, 1.165) is 23.8 Å². The van der Waals surface area contributed by atoms with Crippen LogP contribution in [-0.4, -0.2) is 26.6 Å². The largest absolute Gasteiger partial charge is 0.364 e. The molecule has 2 aromatic heterocycles. The Bertz CT molecular complexity index is 1520. The van der Waals surface area contributed by atoms with E-state index in [9.17, 15) is 23.6 Å². The van der Waals surface area contributed by atoms with Crippen LogP contribution < -0.4 is 11.1 Å². The van der Waals surface area contributed by atoms with Crippen molar-refractivity contribution in [1.29, 1.82) is 5.26 Å². The van der Waals surface area contributed by atoms with Gasteiger partial charge in [-0.1, -0.05) is 18.2 Å². The van der Waals surface area contributed by atoms with Crippen LogP contribution in [0.3, 0.4) is 0 Å². The molecule has 0 aliphatic carbocycles. The Kier molecular flexibility index (Phi) is 5.77. The number of benzene rings is 2. The van der Waals surface area contributed by atoms with E-state index in [4.69, 9.17) is 5.73 Å². The fraction of sp³-hybridized carbons (Fsp3) is 0.125. The third-order valence-electron chi connectivity index (χ3n) is 5.43. The summed E-state index contributed by atoms with van der Waals surface area (Å²) in [4.78, 5) is 28.8. The van der Waals surface area contributed by atoms with Gasteiger partial charge in [-0.15, -0.1) is 0 Å². The number of nitrogens with two attached hydrogens (primary N) is 1. The number of hydrogen-bond donors (Lipinski definition) is 2. The molecule has 0 aliphatic heterocycles. The van der Waals surface area contributed by atoms with Crippen molar-refractivity contribution in [2.45, 2.75) is 20.4 Å². The molecule has 0 fully saturated rings. The molecule has 2 aromatic carbocycles. The SMILES string of the molecule is Cc1nn(Cc2ccccc2C#N)c(C)c1NC(=O)c1cc(C(N)=O)nc2cc(F)c(F)cc12. The number of hydrogen-bond acceptors (Lipinski definition) is 5. The van der Waals surface area contributed by atoms with E-state index in [1.807, 2.05) is 12.1 Å². The molecule has 0 aliphatic rings. The first-order valence-corrected chi connectivity index (χ1v) is 10.1. The van der Waals surface area contributed by atoms with Crippen LogP contribution in [0.4, 0.5) is 14.5 Å². The zero-order chi connectivity index (χ0) is 24.6. The normalized spacial score (nSPS) is 10.8. The summed E-state index contributed by atoms with van der Waals surface area (Å²) in [5.41, 5.74) is 7.66. The number of nitrogens with zero attached hydrogens (tertiary/aromatic N) is 4. The first-order valence-electron chi connectivity index (χ1n) is 10.1. The number of carbonyl (C=O) groups is 2. The number of rotatable bonds is 5. The fourth-order valence-corrected chi connectivity index (χ4v) is 3.68. The highest BCUT2D eigenvalue weighted by Gasteiger charge is 2.21. The summed E-state index contributed by atoms with van der Waals surface area (Å²) in [7, 11) is 0. The fourth-order valence-electron chi connectivity index (χ4n) is 3.68. The van der Waals surface area contributed by atoms with Crippen molar-refractivity contribution in [2.24, 2.45) is 5.73 Å². The molecule has 0 atom stereocenters. The molecule has 0 spiro atoms. The van der Waals surface area contributed by atoms with E-state index >= 15 is 0 Å². The third kappa shape index (κ3) is 4.06. The summed E-state index contributed by atoms with van der Waals surface area (Å²) in [5, 5.41) is 16.5. The summed E-state index contributed by atoms with van der Waals surface area (Å²) < 4.78 is 29.3. The van der Waals surface area contributed by atoms with Crippen LogP contribution in [0.25, 0.3) is 10.9 Å². The molecule has 3 N–H and O–H groups in total. The van der Waals surface area contributed by atoms with Gasteiger partial charge in [0.1, 0.15) is 5.69 Å². The van der Waals surface area contributed by atoms with Crippen LogP contribution in [0.5, 0.6) is 0 Å². The molecule has 10 heteroatoms. The Hall–Kier alpha value is -4.65. The Labute approximate surface area is 192 Å². The highest BCUT2D eigenvalue weighted by molar-refractivity contribution is 6.14. The highest BCUT2D eigenvalue weighted by Crippen LogP contribution is 2.26. The van der Waals surface area contributed by atoms with Gasteiger partial charge in [-0.05, 0) is 37.6 Å². The Morgan fingerprint density at radius 1 is 1.15 bits per heavy atom. The molecule has 0 unspecified atom stereocenters. The van der Waals surface area contributed by atoms with Crippen LogP contribution >= 0.6 is 0 Å². The summed E-state index contributed by atoms with van der Waals surface area (Å²) in [6.07, 6.45) is 0. The number of nitrogens with one attached hydrogen (secondary N) is 1. The zero-order valence-electron chi connectivity index (χ0n) is 18.2. The van der Waals surface area contributed by atoms with E-state index in [1.54, 1.807) is 30.7 Å². The molecule has 34 heavy (non-hydrogen) atoms. The number of fused-ring (bicyclic) bond motifs is 1. The van der Waals surface area contributed by atoms with Gasteiger partial charge >= 0.3 is 0 Å². The molecular weight excluding hydrogens is 442 g/mol. The molecule has 2 heterocycles. The molecule has 0 bridgehead atoms. The molecule has 2 amide bonds. The van der Waals surface area contributed by atoms with Crippen molar-refractivity contribution >= 4 is 28.4 Å². The van der Waals surface area contributed by atoms with E-state index in [-0.39, 0.29) is 22.2 Å². The van der Waals surface area contributed by atoms with Gasteiger partial charge in [0.15, 0.2) is 11.6 Å². The Morgan fingerprint density at radius 2 is 1.85 bits per heavy atom. The number of nitriles is 1.